The molecule has 13 heavy (non-hydrogen) atoms. The molecule has 0 aliphatic heterocycles. The van der Waals surface area contributed by atoms with E-state index in [2.05, 4.69) is 31.2 Å². The van der Waals surface area contributed by atoms with Crippen LogP contribution in [-0.4, -0.2) is 0 Å². The molecule has 0 aromatic heterocycles. The van der Waals surface area contributed by atoms with Crippen LogP contribution in [-0.2, 0) is 6.42 Å². The van der Waals surface area contributed by atoms with E-state index in [1.807, 2.05) is 0 Å². The lowest BCUT2D eigenvalue weighted by atomic mass is 9.91. The van der Waals surface area contributed by atoms with E-state index < -0.39 is 0 Å². The molecule has 0 fully saturated rings. The molecule has 1 aliphatic carbocycles. The highest BCUT2D eigenvalue weighted by molar-refractivity contribution is 5.31. The van der Waals surface area contributed by atoms with Gasteiger partial charge in [0.2, 0.25) is 0 Å². The average molecular weight is 174 g/mol. The van der Waals surface area contributed by atoms with E-state index in [1.165, 1.54) is 32.1 Å². The summed E-state index contributed by atoms with van der Waals surface area (Å²) in [7, 11) is 0. The normalized spacial score (nSPS) is 22.1. The lowest BCUT2D eigenvalue weighted by molar-refractivity contribution is 0.581. The summed E-state index contributed by atoms with van der Waals surface area (Å²) in [5.41, 5.74) is 3.23. The highest BCUT2D eigenvalue weighted by Crippen LogP contribution is 2.32. The largest absolute Gasteiger partial charge is 0.0648 e. The Balaban J connectivity index is 2.35. The van der Waals surface area contributed by atoms with Crippen molar-refractivity contribution in [3.8, 4) is 0 Å². The Hall–Kier alpha value is -0.780. The minimum absolute atomic E-state index is 0.832. The molecule has 70 valence electrons. The minimum atomic E-state index is 0.832. The summed E-state index contributed by atoms with van der Waals surface area (Å²) in [6, 6.07) is 9.00. The minimum Gasteiger partial charge on any atom is -0.0648 e. The summed E-state index contributed by atoms with van der Waals surface area (Å²) in [5.74, 6) is 0.832. The number of fused-ring (bicyclic) bond motifs is 1. The molecule has 0 heteroatoms. The molecule has 0 N–H and O–H groups in total. The second-order valence-electron chi connectivity index (χ2n) is 4.05. The van der Waals surface area contributed by atoms with E-state index in [4.69, 9.17) is 0 Å². The van der Waals surface area contributed by atoms with Gasteiger partial charge in [-0.05, 0) is 42.7 Å². The number of rotatable bonds is 1. The van der Waals surface area contributed by atoms with Crippen molar-refractivity contribution < 1.29 is 0 Å². The Morgan fingerprint density at radius 2 is 2.08 bits per heavy atom. The molecule has 0 radical (unpaired) electrons. The van der Waals surface area contributed by atoms with Crippen LogP contribution < -0.4 is 0 Å². The third-order valence-corrected chi connectivity index (χ3v) is 3.24. The molecule has 2 rings (SSSR count). The van der Waals surface area contributed by atoms with E-state index in [0.717, 1.165) is 5.92 Å². The lowest BCUT2D eigenvalue weighted by Crippen LogP contribution is -1.97. The summed E-state index contributed by atoms with van der Waals surface area (Å²) in [6.07, 6.45) is 6.79. The van der Waals surface area contributed by atoms with Gasteiger partial charge in [0.15, 0.2) is 0 Å². The first-order valence-electron chi connectivity index (χ1n) is 5.49. The Kier molecular flexibility index (Phi) is 2.68. The molecule has 0 saturated heterocycles. The summed E-state index contributed by atoms with van der Waals surface area (Å²) < 4.78 is 0. The summed E-state index contributed by atoms with van der Waals surface area (Å²) in [4.78, 5) is 0. The first-order chi connectivity index (χ1) is 6.42. The quantitative estimate of drug-likeness (QED) is 0.566. The maximum absolute atomic E-state index is 2.33. The van der Waals surface area contributed by atoms with Crippen LogP contribution in [0.4, 0.5) is 0 Å². The van der Waals surface area contributed by atoms with Crippen LogP contribution in [0.1, 0.15) is 49.7 Å². The molecule has 1 atom stereocenters. The topological polar surface area (TPSA) is 0 Å². The van der Waals surface area contributed by atoms with Gasteiger partial charge in [-0.15, -0.1) is 0 Å². The summed E-state index contributed by atoms with van der Waals surface area (Å²) in [6.45, 7) is 2.31. The monoisotopic (exact) mass is 174 g/mol. The standard InChI is InChI=1S/C13H18/c1-2-11-7-3-4-8-12-9-5-6-10-13(11)12/h5-6,9-11H,2-4,7-8H2,1H3/t11-/m0/s1. The van der Waals surface area contributed by atoms with Crippen molar-refractivity contribution in [3.63, 3.8) is 0 Å². The van der Waals surface area contributed by atoms with E-state index in [-0.39, 0.29) is 0 Å². The summed E-state index contributed by atoms with van der Waals surface area (Å²) in [5, 5.41) is 0. The molecule has 1 aromatic carbocycles. The number of hydrogen-bond acceptors (Lipinski definition) is 0. The molecule has 1 aromatic rings. The van der Waals surface area contributed by atoms with Crippen LogP contribution in [0, 0.1) is 0 Å². The van der Waals surface area contributed by atoms with Crippen LogP contribution in [0.2, 0.25) is 0 Å². The van der Waals surface area contributed by atoms with Gasteiger partial charge >= 0.3 is 0 Å². The molecule has 0 unspecified atom stereocenters. The molecule has 0 heterocycles. The van der Waals surface area contributed by atoms with Gasteiger partial charge in [-0.2, -0.15) is 0 Å². The Morgan fingerprint density at radius 3 is 2.92 bits per heavy atom. The Morgan fingerprint density at radius 1 is 1.23 bits per heavy atom. The van der Waals surface area contributed by atoms with Gasteiger partial charge in [0.1, 0.15) is 0 Å². The van der Waals surface area contributed by atoms with E-state index in [9.17, 15) is 0 Å². The molecule has 0 nitrogen and oxygen atoms in total. The van der Waals surface area contributed by atoms with Gasteiger partial charge in [0.25, 0.3) is 0 Å². The predicted molar refractivity (Wildman–Crippen MR) is 57.0 cm³/mol. The van der Waals surface area contributed by atoms with Gasteiger partial charge < -0.3 is 0 Å². The number of hydrogen-bond donors (Lipinski definition) is 0. The van der Waals surface area contributed by atoms with Crippen molar-refractivity contribution in [2.75, 3.05) is 0 Å². The van der Waals surface area contributed by atoms with Crippen LogP contribution in [0.15, 0.2) is 24.3 Å². The van der Waals surface area contributed by atoms with Crippen molar-refractivity contribution in [2.45, 2.75) is 44.9 Å². The third-order valence-electron chi connectivity index (χ3n) is 3.24. The molecule has 0 spiro atoms. The van der Waals surface area contributed by atoms with Crippen molar-refractivity contribution in [3.05, 3.63) is 35.4 Å². The maximum atomic E-state index is 2.33. The van der Waals surface area contributed by atoms with Crippen molar-refractivity contribution in [1.29, 1.82) is 0 Å². The fraction of sp³-hybridized carbons (Fsp3) is 0.538. The van der Waals surface area contributed by atoms with Crippen molar-refractivity contribution in [1.82, 2.24) is 0 Å². The second-order valence-corrected chi connectivity index (χ2v) is 4.05. The van der Waals surface area contributed by atoms with Crippen LogP contribution in [0.5, 0.6) is 0 Å². The van der Waals surface area contributed by atoms with Crippen LogP contribution in [0.3, 0.4) is 0 Å². The zero-order chi connectivity index (χ0) is 9.10. The van der Waals surface area contributed by atoms with Gasteiger partial charge in [0.05, 0.1) is 0 Å². The van der Waals surface area contributed by atoms with Gasteiger partial charge in [-0.25, -0.2) is 0 Å². The molecular weight excluding hydrogens is 156 g/mol. The first-order valence-corrected chi connectivity index (χ1v) is 5.49. The van der Waals surface area contributed by atoms with Crippen LogP contribution in [0.25, 0.3) is 0 Å². The molecule has 0 saturated carbocycles. The smallest absolute Gasteiger partial charge is 0.0162 e. The zero-order valence-electron chi connectivity index (χ0n) is 8.42. The zero-order valence-corrected chi connectivity index (χ0v) is 8.42. The van der Waals surface area contributed by atoms with Gasteiger partial charge in [0, 0.05) is 0 Å². The Bertz CT molecular complexity index is 275. The van der Waals surface area contributed by atoms with Crippen molar-refractivity contribution in [2.24, 2.45) is 0 Å². The summed E-state index contributed by atoms with van der Waals surface area (Å²) >= 11 is 0. The third kappa shape index (κ3) is 1.77. The molecule has 1 aliphatic rings. The fourth-order valence-electron chi connectivity index (χ4n) is 2.45. The van der Waals surface area contributed by atoms with E-state index in [0.29, 0.717) is 0 Å². The van der Waals surface area contributed by atoms with Crippen molar-refractivity contribution >= 4 is 0 Å². The predicted octanol–water partition coefficient (Wildman–Crippen LogP) is 3.91. The lowest BCUT2D eigenvalue weighted by Gasteiger charge is -2.14. The number of aryl methyl sites for hydroxylation is 1. The SMILES string of the molecule is CC[C@H]1CCCCc2ccccc21. The number of benzene rings is 1. The highest BCUT2D eigenvalue weighted by atomic mass is 14.2. The van der Waals surface area contributed by atoms with E-state index in [1.54, 1.807) is 11.1 Å². The highest BCUT2D eigenvalue weighted by Gasteiger charge is 2.15. The molecule has 0 amide bonds. The van der Waals surface area contributed by atoms with Gasteiger partial charge in [-0.1, -0.05) is 37.6 Å². The fourth-order valence-corrected chi connectivity index (χ4v) is 2.45. The maximum Gasteiger partial charge on any atom is -0.0162 e. The average Bonchev–Trinajstić information content (AvgIpc) is 2.39. The van der Waals surface area contributed by atoms with Gasteiger partial charge in [-0.3, -0.25) is 0 Å². The first kappa shape index (κ1) is 8.80. The second kappa shape index (κ2) is 3.95. The Labute approximate surface area is 81.0 Å². The molecule has 0 bridgehead atoms. The molecular formula is C13H18. The van der Waals surface area contributed by atoms with E-state index >= 15 is 0 Å². The van der Waals surface area contributed by atoms with Crippen LogP contribution >= 0.6 is 0 Å².